The van der Waals surface area contributed by atoms with E-state index in [0.717, 1.165) is 16.9 Å². The molecule has 0 N–H and O–H groups in total. The van der Waals surface area contributed by atoms with E-state index in [1.54, 1.807) is 20.3 Å². The lowest BCUT2D eigenvalue weighted by Crippen LogP contribution is -2.07. The van der Waals surface area contributed by atoms with E-state index in [1.807, 2.05) is 38.1 Å². The van der Waals surface area contributed by atoms with Crippen LogP contribution in [0.3, 0.4) is 0 Å². The van der Waals surface area contributed by atoms with Crippen LogP contribution in [-0.2, 0) is 0 Å². The summed E-state index contributed by atoms with van der Waals surface area (Å²) in [6.45, 7) is 4.06. The second-order valence-electron chi connectivity index (χ2n) is 6.26. The first-order valence-corrected chi connectivity index (χ1v) is 8.37. The van der Waals surface area contributed by atoms with Gasteiger partial charge in [-0.2, -0.15) is 0 Å². The van der Waals surface area contributed by atoms with Gasteiger partial charge in [0.25, 0.3) is 0 Å². The van der Waals surface area contributed by atoms with Crippen LogP contribution in [-0.4, -0.2) is 21.3 Å². The van der Waals surface area contributed by atoms with E-state index < -0.39 is 0 Å². The summed E-state index contributed by atoms with van der Waals surface area (Å²) in [5.74, 6) is 2.41. The summed E-state index contributed by atoms with van der Waals surface area (Å²) < 4.78 is 22.3. The zero-order valence-corrected chi connectivity index (χ0v) is 15.6. The Labute approximate surface area is 152 Å². The monoisotopic (exact) mass is 354 g/mol. The van der Waals surface area contributed by atoms with Gasteiger partial charge in [0.1, 0.15) is 34.0 Å². The maximum absolute atomic E-state index is 12.8. The largest absolute Gasteiger partial charge is 0.497 e. The first-order valence-electron chi connectivity index (χ1n) is 8.37. The maximum Gasteiger partial charge on any atom is 0.197 e. The van der Waals surface area contributed by atoms with Crippen molar-refractivity contribution < 1.29 is 18.6 Å². The predicted molar refractivity (Wildman–Crippen MR) is 102 cm³/mol. The van der Waals surface area contributed by atoms with Gasteiger partial charge in [-0.1, -0.05) is 13.8 Å². The van der Waals surface area contributed by atoms with Crippen LogP contribution in [0.4, 0.5) is 0 Å². The second-order valence-corrected chi connectivity index (χ2v) is 6.26. The van der Waals surface area contributed by atoms with E-state index in [1.165, 1.54) is 13.2 Å². The summed E-state index contributed by atoms with van der Waals surface area (Å²) in [5, 5.41) is 0.425. The molecule has 1 heterocycles. The minimum Gasteiger partial charge on any atom is -0.497 e. The van der Waals surface area contributed by atoms with Gasteiger partial charge in [0.05, 0.1) is 21.3 Å². The molecule has 3 rings (SSSR count). The zero-order valence-electron chi connectivity index (χ0n) is 15.6. The summed E-state index contributed by atoms with van der Waals surface area (Å²) >= 11 is 0. The van der Waals surface area contributed by atoms with Crippen LogP contribution < -0.4 is 19.6 Å². The molecule has 26 heavy (non-hydrogen) atoms. The molecular formula is C21H22O5. The molecular weight excluding hydrogens is 332 g/mol. The van der Waals surface area contributed by atoms with Crippen molar-refractivity contribution in [1.29, 1.82) is 0 Å². The van der Waals surface area contributed by atoms with Crippen LogP contribution in [0, 0.1) is 0 Å². The summed E-state index contributed by atoms with van der Waals surface area (Å²) in [7, 11) is 4.73. The molecule has 1 aromatic heterocycles. The Morgan fingerprint density at radius 1 is 0.885 bits per heavy atom. The van der Waals surface area contributed by atoms with Crippen molar-refractivity contribution in [2.45, 2.75) is 19.8 Å². The molecule has 0 radical (unpaired) electrons. The number of fused-ring (bicyclic) bond motifs is 1. The quantitative estimate of drug-likeness (QED) is 0.670. The number of hydrogen-bond acceptors (Lipinski definition) is 5. The molecule has 5 nitrogen and oxygen atoms in total. The Morgan fingerprint density at radius 2 is 1.54 bits per heavy atom. The molecule has 0 aliphatic rings. The Hall–Kier alpha value is -2.95. The summed E-state index contributed by atoms with van der Waals surface area (Å²) in [6.07, 6.45) is 0. The van der Waals surface area contributed by atoms with Gasteiger partial charge in [-0.15, -0.1) is 0 Å². The van der Waals surface area contributed by atoms with Gasteiger partial charge in [0.2, 0.25) is 0 Å². The Bertz CT molecular complexity index is 984. The molecule has 0 fully saturated rings. The van der Waals surface area contributed by atoms with Crippen molar-refractivity contribution in [3.05, 3.63) is 52.2 Å². The van der Waals surface area contributed by atoms with E-state index in [0.29, 0.717) is 28.2 Å². The van der Waals surface area contributed by atoms with Crippen LogP contribution in [0.1, 0.15) is 25.3 Å². The number of benzene rings is 2. The normalized spacial score (nSPS) is 11.0. The fraction of sp³-hybridized carbons (Fsp3) is 0.286. The van der Waals surface area contributed by atoms with Gasteiger partial charge in [0.15, 0.2) is 5.43 Å². The molecule has 0 spiro atoms. The van der Waals surface area contributed by atoms with Gasteiger partial charge < -0.3 is 18.6 Å². The minimum atomic E-state index is -0.154. The highest BCUT2D eigenvalue weighted by molar-refractivity contribution is 5.90. The van der Waals surface area contributed by atoms with Gasteiger partial charge >= 0.3 is 0 Å². The molecule has 0 aliphatic carbocycles. The van der Waals surface area contributed by atoms with E-state index >= 15 is 0 Å². The molecule has 0 saturated heterocycles. The van der Waals surface area contributed by atoms with E-state index in [9.17, 15) is 4.79 Å². The Kier molecular flexibility index (Phi) is 4.89. The van der Waals surface area contributed by atoms with Crippen LogP contribution in [0.15, 0.2) is 45.6 Å². The van der Waals surface area contributed by atoms with Crippen molar-refractivity contribution >= 4 is 11.0 Å². The number of ether oxygens (including phenoxy) is 3. The molecule has 136 valence electrons. The van der Waals surface area contributed by atoms with Crippen LogP contribution >= 0.6 is 0 Å². The third kappa shape index (κ3) is 3.01. The third-order valence-corrected chi connectivity index (χ3v) is 4.36. The number of hydrogen-bond donors (Lipinski definition) is 0. The van der Waals surface area contributed by atoms with E-state index in [2.05, 4.69) is 0 Å². The van der Waals surface area contributed by atoms with Gasteiger partial charge in [-0.05, 0) is 30.2 Å². The van der Waals surface area contributed by atoms with Crippen molar-refractivity contribution in [2.75, 3.05) is 21.3 Å². The minimum absolute atomic E-state index is 0.104. The molecule has 0 saturated carbocycles. The van der Waals surface area contributed by atoms with Crippen molar-refractivity contribution in [3.8, 4) is 28.6 Å². The van der Waals surface area contributed by atoms with Crippen LogP contribution in [0.5, 0.6) is 17.2 Å². The predicted octanol–water partition coefficient (Wildman–Crippen LogP) is 4.61. The molecule has 0 unspecified atom stereocenters. The fourth-order valence-electron chi connectivity index (χ4n) is 3.07. The molecule has 0 atom stereocenters. The smallest absolute Gasteiger partial charge is 0.197 e. The van der Waals surface area contributed by atoms with Gasteiger partial charge in [-0.3, -0.25) is 4.79 Å². The van der Waals surface area contributed by atoms with Crippen LogP contribution in [0.25, 0.3) is 22.3 Å². The first-order chi connectivity index (χ1) is 12.5. The Morgan fingerprint density at radius 3 is 2.08 bits per heavy atom. The van der Waals surface area contributed by atoms with Crippen molar-refractivity contribution in [3.63, 3.8) is 0 Å². The zero-order chi connectivity index (χ0) is 18.8. The average molecular weight is 354 g/mol. The number of rotatable bonds is 5. The maximum atomic E-state index is 12.8. The molecule has 5 heteroatoms. The summed E-state index contributed by atoms with van der Waals surface area (Å²) in [4.78, 5) is 12.8. The third-order valence-electron chi connectivity index (χ3n) is 4.36. The van der Waals surface area contributed by atoms with Crippen LogP contribution in [0.2, 0.25) is 0 Å². The van der Waals surface area contributed by atoms with Crippen molar-refractivity contribution in [2.24, 2.45) is 0 Å². The summed E-state index contributed by atoms with van der Waals surface area (Å²) in [5.41, 5.74) is 1.98. The molecule has 0 bridgehead atoms. The summed E-state index contributed by atoms with van der Waals surface area (Å²) in [6, 6.07) is 10.6. The molecule has 2 aromatic carbocycles. The second kappa shape index (κ2) is 7.12. The van der Waals surface area contributed by atoms with Gasteiger partial charge in [0, 0.05) is 23.3 Å². The topological polar surface area (TPSA) is 57.9 Å². The average Bonchev–Trinajstić information content (AvgIpc) is 2.66. The highest BCUT2D eigenvalue weighted by atomic mass is 16.5. The SMILES string of the molecule is COc1ccc(-c2cc(=O)c3c(OC)cc(OC)c(C(C)C)c3o2)cc1. The highest BCUT2D eigenvalue weighted by Crippen LogP contribution is 2.39. The molecule has 0 aliphatic heterocycles. The Balaban J connectivity index is 2.35. The molecule has 3 aromatic rings. The fourth-order valence-corrected chi connectivity index (χ4v) is 3.07. The highest BCUT2D eigenvalue weighted by Gasteiger charge is 2.21. The molecule has 0 amide bonds. The van der Waals surface area contributed by atoms with E-state index in [-0.39, 0.29) is 11.3 Å². The number of methoxy groups -OCH3 is 3. The van der Waals surface area contributed by atoms with E-state index in [4.69, 9.17) is 18.6 Å². The van der Waals surface area contributed by atoms with Gasteiger partial charge in [-0.25, -0.2) is 0 Å². The lowest BCUT2D eigenvalue weighted by atomic mass is 9.98. The first kappa shape index (κ1) is 17.9. The standard InChI is InChI=1S/C21H22O5/c1-12(2)19-17(24-4)11-18(25-5)20-15(22)10-16(26-21(19)20)13-6-8-14(23-3)9-7-13/h6-12H,1-5H3. The lowest BCUT2D eigenvalue weighted by molar-refractivity contribution is 0.391. The van der Waals surface area contributed by atoms with Crippen molar-refractivity contribution in [1.82, 2.24) is 0 Å². The lowest BCUT2D eigenvalue weighted by Gasteiger charge is -2.17.